The van der Waals surface area contributed by atoms with Gasteiger partial charge in [-0.1, -0.05) is 13.0 Å². The summed E-state index contributed by atoms with van der Waals surface area (Å²) in [7, 11) is 0. The Kier molecular flexibility index (Phi) is 7.66. The Hall–Kier alpha value is -2.38. The SMILES string of the molecule is CCOC(=O)c1ccc(NC(=O)N(Cc2cccs2)C2CCN(CC)CC2)cc1. The van der Waals surface area contributed by atoms with Crippen LogP contribution in [0, 0.1) is 0 Å². The van der Waals surface area contributed by atoms with Crippen LogP contribution in [0.3, 0.4) is 0 Å². The zero-order chi connectivity index (χ0) is 20.6. The average molecular weight is 416 g/mol. The maximum Gasteiger partial charge on any atom is 0.338 e. The summed E-state index contributed by atoms with van der Waals surface area (Å²) >= 11 is 1.67. The van der Waals surface area contributed by atoms with Crippen LogP contribution < -0.4 is 5.32 Å². The number of amides is 2. The molecule has 29 heavy (non-hydrogen) atoms. The molecule has 3 rings (SSSR count). The molecule has 0 aliphatic carbocycles. The lowest BCUT2D eigenvalue weighted by atomic mass is 10.0. The molecule has 6 nitrogen and oxygen atoms in total. The molecule has 2 aromatic rings. The van der Waals surface area contributed by atoms with Gasteiger partial charge in [0.25, 0.3) is 0 Å². The van der Waals surface area contributed by atoms with E-state index in [4.69, 9.17) is 4.74 Å². The first-order valence-corrected chi connectivity index (χ1v) is 11.1. The summed E-state index contributed by atoms with van der Waals surface area (Å²) < 4.78 is 5.01. The molecule has 1 fully saturated rings. The lowest BCUT2D eigenvalue weighted by Crippen LogP contribution is -2.48. The fourth-order valence-electron chi connectivity index (χ4n) is 3.58. The summed E-state index contributed by atoms with van der Waals surface area (Å²) in [5, 5.41) is 5.04. The second kappa shape index (κ2) is 10.4. The highest BCUT2D eigenvalue weighted by Gasteiger charge is 2.28. The lowest BCUT2D eigenvalue weighted by molar-refractivity contribution is 0.0526. The summed E-state index contributed by atoms with van der Waals surface area (Å²) in [6.45, 7) is 7.99. The number of anilines is 1. The largest absolute Gasteiger partial charge is 0.462 e. The summed E-state index contributed by atoms with van der Waals surface area (Å²) in [4.78, 5) is 30.5. The quantitative estimate of drug-likeness (QED) is 0.679. The van der Waals surface area contributed by atoms with Crippen molar-refractivity contribution < 1.29 is 14.3 Å². The number of carbonyl (C=O) groups is 2. The summed E-state index contributed by atoms with van der Waals surface area (Å²) in [5.74, 6) is -0.354. The Morgan fingerprint density at radius 3 is 2.48 bits per heavy atom. The van der Waals surface area contributed by atoms with E-state index in [1.165, 1.54) is 4.88 Å². The first kappa shape index (κ1) is 21.3. The molecule has 1 aliphatic rings. The molecule has 2 amide bonds. The Balaban J connectivity index is 1.68. The van der Waals surface area contributed by atoms with Gasteiger partial charge >= 0.3 is 12.0 Å². The van der Waals surface area contributed by atoms with Gasteiger partial charge in [-0.15, -0.1) is 11.3 Å². The molecule has 0 saturated carbocycles. The number of carbonyl (C=O) groups excluding carboxylic acids is 2. The van der Waals surface area contributed by atoms with E-state index in [1.807, 2.05) is 16.3 Å². The number of thiophene rings is 1. The zero-order valence-electron chi connectivity index (χ0n) is 17.1. The highest BCUT2D eigenvalue weighted by atomic mass is 32.1. The van der Waals surface area contributed by atoms with E-state index in [1.54, 1.807) is 42.5 Å². The monoisotopic (exact) mass is 415 g/mol. The number of urea groups is 1. The second-order valence-electron chi connectivity index (χ2n) is 7.10. The third-order valence-corrected chi connectivity index (χ3v) is 6.12. The van der Waals surface area contributed by atoms with Crippen LogP contribution in [0.4, 0.5) is 10.5 Å². The normalized spacial score (nSPS) is 15.1. The number of piperidine rings is 1. The van der Waals surface area contributed by atoms with Gasteiger partial charge in [-0.2, -0.15) is 0 Å². The standard InChI is InChI=1S/C22H29N3O3S/c1-3-24-13-11-19(12-14-24)25(16-20-6-5-15-29-20)22(27)23-18-9-7-17(8-10-18)21(26)28-4-2/h5-10,15,19H,3-4,11-14,16H2,1-2H3,(H,23,27). The third-order valence-electron chi connectivity index (χ3n) is 5.26. The van der Waals surface area contributed by atoms with E-state index in [0.717, 1.165) is 32.5 Å². The van der Waals surface area contributed by atoms with Crippen molar-refractivity contribution in [3.8, 4) is 0 Å². The number of nitrogens with zero attached hydrogens (tertiary/aromatic N) is 2. The van der Waals surface area contributed by atoms with Crippen molar-refractivity contribution in [3.05, 3.63) is 52.2 Å². The number of benzene rings is 1. The van der Waals surface area contributed by atoms with Gasteiger partial charge in [0.15, 0.2) is 0 Å². The maximum atomic E-state index is 13.1. The van der Waals surface area contributed by atoms with E-state index in [9.17, 15) is 9.59 Å². The molecule has 1 aromatic carbocycles. The molecule has 1 aromatic heterocycles. The van der Waals surface area contributed by atoms with Crippen molar-refractivity contribution in [2.75, 3.05) is 31.6 Å². The second-order valence-corrected chi connectivity index (χ2v) is 8.13. The molecule has 1 N–H and O–H groups in total. The number of rotatable bonds is 7. The molecule has 0 radical (unpaired) electrons. The lowest BCUT2D eigenvalue weighted by Gasteiger charge is -2.38. The van der Waals surface area contributed by atoms with Crippen LogP contribution in [-0.4, -0.2) is 54.1 Å². The van der Waals surface area contributed by atoms with Crippen LogP contribution in [-0.2, 0) is 11.3 Å². The molecule has 156 valence electrons. The van der Waals surface area contributed by atoms with Gasteiger partial charge in [0.1, 0.15) is 0 Å². The average Bonchev–Trinajstić information content (AvgIpc) is 3.26. The van der Waals surface area contributed by atoms with Crippen LogP contribution in [0.1, 0.15) is 41.9 Å². The van der Waals surface area contributed by atoms with Gasteiger partial charge in [0, 0.05) is 29.7 Å². The molecular weight excluding hydrogens is 386 g/mol. The number of hydrogen-bond acceptors (Lipinski definition) is 5. The number of likely N-dealkylation sites (tertiary alicyclic amines) is 1. The van der Waals surface area contributed by atoms with Crippen LogP contribution >= 0.6 is 11.3 Å². The summed E-state index contributed by atoms with van der Waals surface area (Å²) in [6.07, 6.45) is 1.96. The maximum absolute atomic E-state index is 13.1. The third kappa shape index (κ3) is 5.81. The first-order chi connectivity index (χ1) is 14.1. The Morgan fingerprint density at radius 1 is 1.17 bits per heavy atom. The number of esters is 1. The van der Waals surface area contributed by atoms with Crippen molar-refractivity contribution in [3.63, 3.8) is 0 Å². The van der Waals surface area contributed by atoms with Gasteiger partial charge in [-0.3, -0.25) is 0 Å². The minimum absolute atomic E-state index is 0.0998. The fourth-order valence-corrected chi connectivity index (χ4v) is 4.29. The molecule has 0 spiro atoms. The summed E-state index contributed by atoms with van der Waals surface area (Å²) in [6, 6.07) is 11.1. The molecule has 0 unspecified atom stereocenters. The van der Waals surface area contributed by atoms with Gasteiger partial charge in [0.05, 0.1) is 18.7 Å². The topological polar surface area (TPSA) is 61.9 Å². The number of nitrogens with one attached hydrogen (secondary N) is 1. The van der Waals surface area contributed by atoms with Gasteiger partial charge in [-0.05, 0) is 62.0 Å². The van der Waals surface area contributed by atoms with Crippen molar-refractivity contribution in [2.45, 2.75) is 39.3 Å². The first-order valence-electron chi connectivity index (χ1n) is 10.2. The molecule has 0 bridgehead atoms. The van der Waals surface area contributed by atoms with E-state index >= 15 is 0 Å². The van der Waals surface area contributed by atoms with Gasteiger partial charge in [0.2, 0.25) is 0 Å². The van der Waals surface area contributed by atoms with Crippen molar-refractivity contribution in [1.82, 2.24) is 9.80 Å². The minimum atomic E-state index is -0.354. The van der Waals surface area contributed by atoms with E-state index in [-0.39, 0.29) is 18.0 Å². The Morgan fingerprint density at radius 2 is 1.90 bits per heavy atom. The van der Waals surface area contributed by atoms with Gasteiger partial charge < -0.3 is 19.9 Å². The van der Waals surface area contributed by atoms with Crippen molar-refractivity contribution in [2.24, 2.45) is 0 Å². The predicted molar refractivity (Wildman–Crippen MR) is 116 cm³/mol. The molecule has 1 saturated heterocycles. The van der Waals surface area contributed by atoms with Crippen LogP contribution in [0.15, 0.2) is 41.8 Å². The predicted octanol–water partition coefficient (Wildman–Crippen LogP) is 4.44. The van der Waals surface area contributed by atoms with Crippen LogP contribution in [0.2, 0.25) is 0 Å². The van der Waals surface area contributed by atoms with Crippen LogP contribution in [0.25, 0.3) is 0 Å². The Labute approximate surface area is 176 Å². The smallest absolute Gasteiger partial charge is 0.338 e. The highest BCUT2D eigenvalue weighted by Crippen LogP contribution is 2.22. The van der Waals surface area contributed by atoms with E-state index in [2.05, 4.69) is 23.2 Å². The number of ether oxygens (including phenoxy) is 1. The van der Waals surface area contributed by atoms with E-state index < -0.39 is 0 Å². The fraction of sp³-hybridized carbons (Fsp3) is 0.455. The highest BCUT2D eigenvalue weighted by molar-refractivity contribution is 7.09. The Bertz CT molecular complexity index is 784. The summed E-state index contributed by atoms with van der Waals surface area (Å²) in [5.41, 5.74) is 1.15. The van der Waals surface area contributed by atoms with E-state index in [0.29, 0.717) is 24.4 Å². The van der Waals surface area contributed by atoms with Crippen molar-refractivity contribution >= 4 is 29.0 Å². The zero-order valence-corrected chi connectivity index (χ0v) is 17.9. The molecular formula is C22H29N3O3S. The minimum Gasteiger partial charge on any atom is -0.462 e. The molecule has 7 heteroatoms. The van der Waals surface area contributed by atoms with Gasteiger partial charge in [-0.25, -0.2) is 9.59 Å². The molecule has 1 aliphatic heterocycles. The molecule has 2 heterocycles. The van der Waals surface area contributed by atoms with Crippen molar-refractivity contribution in [1.29, 1.82) is 0 Å². The molecule has 0 atom stereocenters. The number of hydrogen-bond donors (Lipinski definition) is 1. The van der Waals surface area contributed by atoms with Crippen LogP contribution in [0.5, 0.6) is 0 Å².